The van der Waals surface area contributed by atoms with Crippen LogP contribution in [0, 0.1) is 5.41 Å². The van der Waals surface area contributed by atoms with Crippen molar-refractivity contribution in [3.8, 4) is 0 Å². The summed E-state index contributed by atoms with van der Waals surface area (Å²) in [6.45, 7) is 14.7. The number of nitrogens with one attached hydrogen (secondary N) is 1. The van der Waals surface area contributed by atoms with Gasteiger partial charge in [0.1, 0.15) is 0 Å². The van der Waals surface area contributed by atoms with Crippen molar-refractivity contribution in [3.05, 3.63) is 0 Å². The Morgan fingerprint density at radius 3 is 2.31 bits per heavy atom. The highest BCUT2D eigenvalue weighted by Gasteiger charge is 2.16. The molecule has 0 bridgehead atoms. The van der Waals surface area contributed by atoms with Gasteiger partial charge in [0.2, 0.25) is 0 Å². The number of halogens is 1. The van der Waals surface area contributed by atoms with E-state index in [0.717, 1.165) is 45.0 Å². The number of likely N-dealkylation sites (N-methyl/N-ethyl adjacent to an activating group) is 1. The molecule has 0 aromatic rings. The smallest absolute Gasteiger partial charge is 0.0223 e. The molecule has 3 heteroatoms. The van der Waals surface area contributed by atoms with Gasteiger partial charge in [0, 0.05) is 25.5 Å². The van der Waals surface area contributed by atoms with Crippen molar-refractivity contribution in [2.75, 3.05) is 38.6 Å². The summed E-state index contributed by atoms with van der Waals surface area (Å²) in [7, 11) is 0. The highest BCUT2D eigenvalue weighted by atomic mass is 35.5. The molecule has 0 aromatic carbocycles. The van der Waals surface area contributed by atoms with Crippen molar-refractivity contribution in [1.29, 1.82) is 0 Å². The topological polar surface area (TPSA) is 15.3 Å². The van der Waals surface area contributed by atoms with Gasteiger partial charge in [0.25, 0.3) is 0 Å². The largest absolute Gasteiger partial charge is 0.315 e. The highest BCUT2D eigenvalue weighted by molar-refractivity contribution is 6.17. The molecule has 0 heterocycles. The molecule has 0 saturated carbocycles. The molecule has 0 aromatic heterocycles. The van der Waals surface area contributed by atoms with Crippen molar-refractivity contribution < 1.29 is 0 Å². The predicted octanol–water partition coefficient (Wildman–Crippen LogP) is 2.96. The Morgan fingerprint density at radius 2 is 1.81 bits per heavy atom. The molecule has 0 rings (SSSR count). The minimum Gasteiger partial charge on any atom is -0.315 e. The van der Waals surface area contributed by atoms with Crippen LogP contribution in [0.2, 0.25) is 0 Å². The molecule has 0 aliphatic heterocycles. The van der Waals surface area contributed by atoms with E-state index < -0.39 is 0 Å². The molecule has 0 aliphatic carbocycles. The van der Waals surface area contributed by atoms with E-state index >= 15 is 0 Å². The van der Waals surface area contributed by atoms with Gasteiger partial charge < -0.3 is 10.2 Å². The predicted molar refractivity (Wildman–Crippen MR) is 74.4 cm³/mol. The zero-order valence-electron chi connectivity index (χ0n) is 11.5. The summed E-state index contributed by atoms with van der Waals surface area (Å²) in [6.07, 6.45) is 2.32. The number of hydrogen-bond donors (Lipinski definition) is 1. The molecule has 0 aliphatic rings. The number of rotatable bonds is 10. The molecule has 2 nitrogen and oxygen atoms in total. The fraction of sp³-hybridized carbons (Fsp3) is 1.00. The van der Waals surface area contributed by atoms with Crippen LogP contribution in [0.3, 0.4) is 0 Å². The van der Waals surface area contributed by atoms with E-state index in [9.17, 15) is 0 Å². The fourth-order valence-corrected chi connectivity index (χ4v) is 1.97. The summed E-state index contributed by atoms with van der Waals surface area (Å²) in [5, 5.41) is 3.55. The zero-order valence-corrected chi connectivity index (χ0v) is 12.2. The maximum absolute atomic E-state index is 5.72. The standard InChI is InChI=1S/C13H29ClN2/c1-5-16(6-2)11-10-15-12-13(3,4)8-7-9-14/h15H,5-12H2,1-4H3. The first-order valence-corrected chi connectivity index (χ1v) is 7.08. The minimum absolute atomic E-state index is 0.373. The van der Waals surface area contributed by atoms with Gasteiger partial charge in [-0.1, -0.05) is 27.7 Å². The van der Waals surface area contributed by atoms with Crippen molar-refractivity contribution in [2.24, 2.45) is 5.41 Å². The van der Waals surface area contributed by atoms with Crippen LogP contribution >= 0.6 is 11.6 Å². The Morgan fingerprint density at radius 1 is 1.19 bits per heavy atom. The lowest BCUT2D eigenvalue weighted by Crippen LogP contribution is -2.36. The quantitative estimate of drug-likeness (QED) is 0.472. The molecule has 0 saturated heterocycles. The van der Waals surface area contributed by atoms with Crippen molar-refractivity contribution in [1.82, 2.24) is 10.2 Å². The summed E-state index contributed by atoms with van der Waals surface area (Å²) >= 11 is 5.72. The monoisotopic (exact) mass is 248 g/mol. The van der Waals surface area contributed by atoms with Crippen LogP contribution in [-0.4, -0.2) is 43.5 Å². The number of alkyl halides is 1. The van der Waals surface area contributed by atoms with E-state index in [-0.39, 0.29) is 0 Å². The lowest BCUT2D eigenvalue weighted by atomic mass is 9.88. The molecule has 16 heavy (non-hydrogen) atoms. The molecule has 98 valence electrons. The Balaban J connectivity index is 3.56. The Labute approximate surface area is 107 Å². The van der Waals surface area contributed by atoms with Crippen LogP contribution in [0.25, 0.3) is 0 Å². The van der Waals surface area contributed by atoms with Gasteiger partial charge >= 0.3 is 0 Å². The van der Waals surface area contributed by atoms with Crippen LogP contribution in [0.15, 0.2) is 0 Å². The van der Waals surface area contributed by atoms with Crippen molar-refractivity contribution in [3.63, 3.8) is 0 Å². The molecule has 1 N–H and O–H groups in total. The first kappa shape index (κ1) is 16.2. The van der Waals surface area contributed by atoms with E-state index in [1.807, 2.05) is 0 Å². The first-order chi connectivity index (χ1) is 7.55. The molecule has 0 atom stereocenters. The Kier molecular flexibility index (Phi) is 9.38. The fourth-order valence-electron chi connectivity index (χ4n) is 1.84. The average Bonchev–Trinajstić information content (AvgIpc) is 2.27. The lowest BCUT2D eigenvalue weighted by molar-refractivity contribution is 0.275. The van der Waals surface area contributed by atoms with E-state index in [1.54, 1.807) is 0 Å². The zero-order chi connectivity index (χ0) is 12.4. The first-order valence-electron chi connectivity index (χ1n) is 6.54. The summed E-state index contributed by atoms with van der Waals surface area (Å²) < 4.78 is 0. The van der Waals surface area contributed by atoms with Crippen LogP contribution in [0.1, 0.15) is 40.5 Å². The number of nitrogens with zero attached hydrogens (tertiary/aromatic N) is 1. The average molecular weight is 249 g/mol. The lowest BCUT2D eigenvalue weighted by Gasteiger charge is -2.26. The third-order valence-electron chi connectivity index (χ3n) is 3.09. The van der Waals surface area contributed by atoms with Gasteiger partial charge in [-0.05, 0) is 31.3 Å². The number of hydrogen-bond acceptors (Lipinski definition) is 2. The second-order valence-corrected chi connectivity index (χ2v) is 5.54. The molecule has 0 unspecified atom stereocenters. The highest BCUT2D eigenvalue weighted by Crippen LogP contribution is 2.21. The van der Waals surface area contributed by atoms with Crippen LogP contribution in [0.4, 0.5) is 0 Å². The minimum atomic E-state index is 0.373. The molecule has 0 spiro atoms. The van der Waals surface area contributed by atoms with Gasteiger partial charge in [0.15, 0.2) is 0 Å². The van der Waals surface area contributed by atoms with Gasteiger partial charge in [-0.2, -0.15) is 0 Å². The molecule has 0 radical (unpaired) electrons. The van der Waals surface area contributed by atoms with E-state index in [4.69, 9.17) is 11.6 Å². The Hall–Kier alpha value is 0.210. The van der Waals surface area contributed by atoms with Crippen molar-refractivity contribution >= 4 is 11.6 Å². The Bertz CT molecular complexity index is 156. The molecule has 0 amide bonds. The van der Waals surface area contributed by atoms with Crippen LogP contribution < -0.4 is 5.32 Å². The van der Waals surface area contributed by atoms with Crippen LogP contribution in [-0.2, 0) is 0 Å². The van der Waals surface area contributed by atoms with Gasteiger partial charge in [-0.3, -0.25) is 0 Å². The van der Waals surface area contributed by atoms with Crippen LogP contribution in [0.5, 0.6) is 0 Å². The SMILES string of the molecule is CCN(CC)CCNCC(C)(C)CCCCl. The van der Waals surface area contributed by atoms with Gasteiger partial charge in [-0.15, -0.1) is 11.6 Å². The van der Waals surface area contributed by atoms with Gasteiger partial charge in [-0.25, -0.2) is 0 Å². The molecular weight excluding hydrogens is 220 g/mol. The van der Waals surface area contributed by atoms with E-state index in [0.29, 0.717) is 5.41 Å². The van der Waals surface area contributed by atoms with Crippen molar-refractivity contribution in [2.45, 2.75) is 40.5 Å². The maximum Gasteiger partial charge on any atom is 0.0223 e. The van der Waals surface area contributed by atoms with E-state index in [2.05, 4.69) is 37.9 Å². The summed E-state index contributed by atoms with van der Waals surface area (Å²) in [4.78, 5) is 2.44. The second kappa shape index (κ2) is 9.26. The maximum atomic E-state index is 5.72. The summed E-state index contributed by atoms with van der Waals surface area (Å²) in [6, 6.07) is 0. The summed E-state index contributed by atoms with van der Waals surface area (Å²) in [5.74, 6) is 0.781. The summed E-state index contributed by atoms with van der Waals surface area (Å²) in [5.41, 5.74) is 0.373. The molecule has 0 fully saturated rings. The normalized spacial score (nSPS) is 12.4. The second-order valence-electron chi connectivity index (χ2n) is 5.16. The molecular formula is C13H29ClN2. The van der Waals surface area contributed by atoms with Gasteiger partial charge in [0.05, 0.1) is 0 Å². The third-order valence-corrected chi connectivity index (χ3v) is 3.36. The van der Waals surface area contributed by atoms with E-state index in [1.165, 1.54) is 6.42 Å². The third kappa shape index (κ3) is 8.37.